The first kappa shape index (κ1) is 13.0. The monoisotopic (exact) mass is 264 g/mol. The summed E-state index contributed by atoms with van der Waals surface area (Å²) in [5, 5.41) is 0. The third-order valence-electron chi connectivity index (χ3n) is 2.92. The molecule has 0 amide bonds. The quantitative estimate of drug-likeness (QED) is 0.602. The second kappa shape index (κ2) is 5.91. The Bertz CT molecular complexity index is 610. The van der Waals surface area contributed by atoms with Gasteiger partial charge in [0.1, 0.15) is 0 Å². The molecule has 1 heterocycles. The molecule has 0 N–H and O–H groups in total. The van der Waals surface area contributed by atoms with E-state index < -0.39 is 0 Å². The Balaban J connectivity index is 2.54. The first-order valence-corrected chi connectivity index (χ1v) is 6.72. The van der Waals surface area contributed by atoms with Crippen molar-refractivity contribution in [3.63, 3.8) is 0 Å². The number of halogens is 1. The Morgan fingerprint density at radius 1 is 1.17 bits per heavy atom. The van der Waals surface area contributed by atoms with E-state index in [1.165, 1.54) is 0 Å². The molecule has 2 aromatic rings. The van der Waals surface area contributed by atoms with Gasteiger partial charge in [0.25, 0.3) is 0 Å². The molecule has 3 nitrogen and oxygen atoms in total. The van der Waals surface area contributed by atoms with E-state index in [1.54, 1.807) is 4.57 Å². The summed E-state index contributed by atoms with van der Waals surface area (Å²) in [5.74, 6) is 0.475. The number of hydrogen-bond donors (Lipinski definition) is 0. The van der Waals surface area contributed by atoms with Crippen LogP contribution in [0, 0.1) is 0 Å². The predicted molar refractivity (Wildman–Crippen MR) is 76.3 cm³/mol. The summed E-state index contributed by atoms with van der Waals surface area (Å²) in [6.07, 6.45) is 4.74. The topological polar surface area (TPSA) is 26.9 Å². The van der Waals surface area contributed by atoms with Crippen LogP contribution in [0.3, 0.4) is 0 Å². The zero-order valence-electron chi connectivity index (χ0n) is 10.5. The maximum absolute atomic E-state index is 12.3. The van der Waals surface area contributed by atoms with Gasteiger partial charge in [0.2, 0.25) is 0 Å². The van der Waals surface area contributed by atoms with Crippen LogP contribution in [0.25, 0.3) is 11.0 Å². The van der Waals surface area contributed by atoms with Gasteiger partial charge in [0.05, 0.1) is 11.0 Å². The number of imidazole rings is 1. The van der Waals surface area contributed by atoms with Crippen molar-refractivity contribution < 1.29 is 0 Å². The lowest BCUT2D eigenvalue weighted by Gasteiger charge is -1.98. The van der Waals surface area contributed by atoms with Crippen LogP contribution >= 0.6 is 11.6 Å². The Morgan fingerprint density at radius 2 is 1.83 bits per heavy atom. The highest BCUT2D eigenvalue weighted by Gasteiger charge is 2.10. The normalized spacial score (nSPS) is 11.7. The summed E-state index contributed by atoms with van der Waals surface area (Å²) in [6, 6.07) is 7.90. The molecule has 4 heteroatoms. The molecule has 96 valence electrons. The Kier molecular flexibility index (Phi) is 4.26. The molecule has 0 aliphatic heterocycles. The lowest BCUT2D eigenvalue weighted by Crippen LogP contribution is -2.23. The standard InChI is InChI=1S/C14H17ClN2O/c1-2-10-16-12-7-3-4-8-13(12)17(14(16)18)11-6-5-9-15/h3-8H,2,9-11H2,1H3. The number of nitrogens with zero attached hydrogens (tertiary/aromatic N) is 2. The molecule has 0 radical (unpaired) electrons. The van der Waals surface area contributed by atoms with E-state index in [1.807, 2.05) is 41.0 Å². The van der Waals surface area contributed by atoms with Crippen LogP contribution in [0.1, 0.15) is 13.3 Å². The molecule has 0 unspecified atom stereocenters. The predicted octanol–water partition coefficient (Wildman–Crippen LogP) is 3.01. The van der Waals surface area contributed by atoms with Gasteiger partial charge in [0.15, 0.2) is 0 Å². The van der Waals surface area contributed by atoms with E-state index >= 15 is 0 Å². The SMILES string of the molecule is CCCn1c(=O)n(CC=CCCl)c2ccccc21. The van der Waals surface area contributed by atoms with E-state index in [9.17, 15) is 4.79 Å². The Labute approximate surface area is 111 Å². The average Bonchev–Trinajstić information content (AvgIpc) is 2.65. The smallest absolute Gasteiger partial charge is 0.292 e. The van der Waals surface area contributed by atoms with Crippen LogP contribution in [-0.4, -0.2) is 15.0 Å². The minimum Gasteiger partial charge on any atom is -0.292 e. The van der Waals surface area contributed by atoms with Crippen LogP contribution in [0.2, 0.25) is 0 Å². The average molecular weight is 265 g/mol. The lowest BCUT2D eigenvalue weighted by atomic mass is 10.3. The molecule has 0 saturated carbocycles. The number of hydrogen-bond acceptors (Lipinski definition) is 1. The van der Waals surface area contributed by atoms with Gasteiger partial charge in [-0.15, -0.1) is 11.6 Å². The molecular formula is C14H17ClN2O. The molecule has 1 aromatic carbocycles. The summed E-state index contributed by atoms with van der Waals surface area (Å²) in [6.45, 7) is 3.40. The first-order chi connectivity index (χ1) is 8.79. The second-order valence-corrected chi connectivity index (χ2v) is 4.47. The van der Waals surface area contributed by atoms with E-state index in [0.717, 1.165) is 24.0 Å². The van der Waals surface area contributed by atoms with Gasteiger partial charge in [-0.2, -0.15) is 0 Å². The molecule has 18 heavy (non-hydrogen) atoms. The number of allylic oxidation sites excluding steroid dienone is 2. The van der Waals surface area contributed by atoms with Crippen molar-refractivity contribution in [1.29, 1.82) is 0 Å². The van der Waals surface area contributed by atoms with Crippen molar-refractivity contribution in [3.8, 4) is 0 Å². The number of alkyl halides is 1. The number of aromatic nitrogens is 2. The van der Waals surface area contributed by atoms with Gasteiger partial charge in [-0.3, -0.25) is 9.13 Å². The zero-order valence-corrected chi connectivity index (χ0v) is 11.2. The fraction of sp³-hybridized carbons (Fsp3) is 0.357. The highest BCUT2D eigenvalue weighted by molar-refractivity contribution is 6.18. The van der Waals surface area contributed by atoms with Crippen molar-refractivity contribution in [1.82, 2.24) is 9.13 Å². The van der Waals surface area contributed by atoms with Gasteiger partial charge in [-0.25, -0.2) is 4.79 Å². The van der Waals surface area contributed by atoms with E-state index in [4.69, 9.17) is 11.6 Å². The lowest BCUT2D eigenvalue weighted by molar-refractivity contribution is 0.641. The minimum absolute atomic E-state index is 0.0530. The fourth-order valence-electron chi connectivity index (χ4n) is 2.13. The number of benzene rings is 1. The fourth-order valence-corrected chi connectivity index (χ4v) is 2.26. The van der Waals surface area contributed by atoms with Gasteiger partial charge in [-0.05, 0) is 18.6 Å². The molecule has 2 rings (SSSR count). The van der Waals surface area contributed by atoms with E-state index in [2.05, 4.69) is 6.92 Å². The van der Waals surface area contributed by atoms with Crippen LogP contribution in [-0.2, 0) is 13.1 Å². The van der Waals surface area contributed by atoms with Crippen LogP contribution in [0.4, 0.5) is 0 Å². The summed E-state index contributed by atoms with van der Waals surface area (Å²) < 4.78 is 3.62. The van der Waals surface area contributed by atoms with Crippen LogP contribution in [0.15, 0.2) is 41.2 Å². The second-order valence-electron chi connectivity index (χ2n) is 4.16. The Morgan fingerprint density at radius 3 is 2.44 bits per heavy atom. The molecule has 0 atom stereocenters. The van der Waals surface area contributed by atoms with Gasteiger partial charge < -0.3 is 0 Å². The van der Waals surface area contributed by atoms with Crippen LogP contribution in [0.5, 0.6) is 0 Å². The van der Waals surface area contributed by atoms with Crippen molar-refractivity contribution in [3.05, 3.63) is 46.9 Å². The maximum atomic E-state index is 12.3. The largest absolute Gasteiger partial charge is 0.329 e. The third-order valence-corrected chi connectivity index (χ3v) is 3.09. The highest BCUT2D eigenvalue weighted by Crippen LogP contribution is 2.13. The molecule has 0 spiro atoms. The van der Waals surface area contributed by atoms with Crippen molar-refractivity contribution in [2.75, 3.05) is 5.88 Å². The van der Waals surface area contributed by atoms with Crippen molar-refractivity contribution in [2.24, 2.45) is 0 Å². The van der Waals surface area contributed by atoms with Gasteiger partial charge in [-0.1, -0.05) is 31.2 Å². The summed E-state index contributed by atoms with van der Waals surface area (Å²) in [7, 11) is 0. The molecule has 1 aromatic heterocycles. The molecule has 0 bridgehead atoms. The van der Waals surface area contributed by atoms with Gasteiger partial charge >= 0.3 is 5.69 Å². The number of rotatable bonds is 5. The first-order valence-electron chi connectivity index (χ1n) is 6.18. The number of para-hydroxylation sites is 2. The highest BCUT2D eigenvalue weighted by atomic mass is 35.5. The zero-order chi connectivity index (χ0) is 13.0. The van der Waals surface area contributed by atoms with Gasteiger partial charge in [0, 0.05) is 19.0 Å². The number of aryl methyl sites for hydroxylation is 1. The summed E-state index contributed by atoms with van der Waals surface area (Å²) >= 11 is 5.60. The third kappa shape index (κ3) is 2.36. The number of fused-ring (bicyclic) bond motifs is 1. The van der Waals surface area contributed by atoms with E-state index in [0.29, 0.717) is 12.4 Å². The van der Waals surface area contributed by atoms with Crippen molar-refractivity contribution >= 4 is 22.6 Å². The molecule has 0 saturated heterocycles. The summed E-state index contributed by atoms with van der Waals surface area (Å²) in [4.78, 5) is 12.3. The maximum Gasteiger partial charge on any atom is 0.329 e. The molecular weight excluding hydrogens is 248 g/mol. The molecule has 0 aliphatic carbocycles. The summed E-state index contributed by atoms with van der Waals surface area (Å²) in [5.41, 5.74) is 2.04. The van der Waals surface area contributed by atoms with E-state index in [-0.39, 0.29) is 5.69 Å². The van der Waals surface area contributed by atoms with Crippen molar-refractivity contribution in [2.45, 2.75) is 26.4 Å². The Hall–Kier alpha value is -1.48. The molecule has 0 aliphatic rings. The molecule has 0 fully saturated rings. The van der Waals surface area contributed by atoms with Crippen LogP contribution < -0.4 is 5.69 Å². The minimum atomic E-state index is 0.0530.